The van der Waals surface area contributed by atoms with Gasteiger partial charge in [0.1, 0.15) is 0 Å². The molecule has 0 aliphatic heterocycles. The lowest BCUT2D eigenvalue weighted by atomic mass is 10.1. The molecule has 1 aliphatic rings. The minimum atomic E-state index is -0.224. The number of unbranched alkanes of at least 4 members (excludes halogenated alkanes) is 1. The SMILES string of the molecule is COC(=O)CCCCNC(=O)c1nn(-c2ccc(Cl)cc2)c2c1CCCCC2. The maximum atomic E-state index is 12.8. The molecule has 2 aromatic rings. The van der Waals surface area contributed by atoms with Gasteiger partial charge in [0, 0.05) is 29.2 Å². The summed E-state index contributed by atoms with van der Waals surface area (Å²) in [4.78, 5) is 23.9. The van der Waals surface area contributed by atoms with Crippen molar-refractivity contribution in [3.8, 4) is 5.69 Å². The van der Waals surface area contributed by atoms with Crippen LogP contribution in [0.1, 0.15) is 60.3 Å². The number of rotatable bonds is 7. The first-order valence-electron chi connectivity index (χ1n) is 9.82. The quantitative estimate of drug-likeness (QED) is 0.432. The molecule has 28 heavy (non-hydrogen) atoms. The maximum Gasteiger partial charge on any atom is 0.305 e. The number of nitrogens with one attached hydrogen (secondary N) is 1. The molecule has 0 saturated carbocycles. The lowest BCUT2D eigenvalue weighted by Crippen LogP contribution is -2.26. The van der Waals surface area contributed by atoms with Gasteiger partial charge >= 0.3 is 5.97 Å². The molecule has 0 saturated heterocycles. The number of nitrogens with zero attached hydrogens (tertiary/aromatic N) is 2. The molecule has 1 aliphatic carbocycles. The number of fused-ring (bicyclic) bond motifs is 1. The molecule has 7 heteroatoms. The smallest absolute Gasteiger partial charge is 0.305 e. The van der Waals surface area contributed by atoms with E-state index >= 15 is 0 Å². The zero-order valence-corrected chi connectivity index (χ0v) is 16.9. The number of ether oxygens (including phenoxy) is 1. The van der Waals surface area contributed by atoms with Crippen molar-refractivity contribution in [3.63, 3.8) is 0 Å². The number of aromatic nitrogens is 2. The Kier molecular flexibility index (Phi) is 7.09. The van der Waals surface area contributed by atoms with Gasteiger partial charge in [-0.2, -0.15) is 5.10 Å². The van der Waals surface area contributed by atoms with Crippen LogP contribution in [0.3, 0.4) is 0 Å². The predicted octanol–water partition coefficient (Wildman–Crippen LogP) is 3.87. The second kappa shape index (κ2) is 9.73. The van der Waals surface area contributed by atoms with E-state index in [1.54, 1.807) is 0 Å². The third kappa shape index (κ3) is 4.93. The van der Waals surface area contributed by atoms with Crippen molar-refractivity contribution >= 4 is 23.5 Å². The lowest BCUT2D eigenvalue weighted by Gasteiger charge is -2.07. The highest BCUT2D eigenvalue weighted by molar-refractivity contribution is 6.30. The standard InChI is InChI=1S/C21H26ClN3O3/c1-28-19(26)9-5-6-14-23-21(27)20-17-7-3-2-4-8-18(17)25(24-20)16-12-10-15(22)11-13-16/h10-13H,2-9,14H2,1H3,(H,23,27). The maximum absolute atomic E-state index is 12.8. The van der Waals surface area contributed by atoms with E-state index in [2.05, 4.69) is 15.2 Å². The van der Waals surface area contributed by atoms with Crippen LogP contribution in [0.15, 0.2) is 24.3 Å². The second-order valence-electron chi connectivity index (χ2n) is 7.01. The molecule has 1 aromatic heterocycles. The van der Waals surface area contributed by atoms with Gasteiger partial charge in [0.05, 0.1) is 12.8 Å². The molecule has 1 amide bonds. The largest absolute Gasteiger partial charge is 0.469 e. The first-order valence-corrected chi connectivity index (χ1v) is 10.2. The number of methoxy groups -OCH3 is 1. The zero-order valence-electron chi connectivity index (χ0n) is 16.2. The number of hydrogen-bond donors (Lipinski definition) is 1. The molecule has 0 fully saturated rings. The molecule has 3 rings (SSSR count). The van der Waals surface area contributed by atoms with Crippen LogP contribution in [0, 0.1) is 0 Å². The van der Waals surface area contributed by atoms with Gasteiger partial charge in [0.15, 0.2) is 5.69 Å². The summed E-state index contributed by atoms with van der Waals surface area (Å²) in [6, 6.07) is 7.52. The van der Waals surface area contributed by atoms with E-state index in [1.165, 1.54) is 7.11 Å². The summed E-state index contributed by atoms with van der Waals surface area (Å²) < 4.78 is 6.52. The Morgan fingerprint density at radius 3 is 2.64 bits per heavy atom. The molecule has 0 bridgehead atoms. The van der Waals surface area contributed by atoms with Crippen LogP contribution < -0.4 is 5.32 Å². The lowest BCUT2D eigenvalue weighted by molar-refractivity contribution is -0.140. The van der Waals surface area contributed by atoms with E-state index in [4.69, 9.17) is 11.6 Å². The summed E-state index contributed by atoms with van der Waals surface area (Å²) in [5, 5.41) is 8.28. The average Bonchev–Trinajstić information content (AvgIpc) is 2.89. The molecule has 0 unspecified atom stereocenters. The molecule has 6 nitrogen and oxygen atoms in total. The van der Waals surface area contributed by atoms with Crippen LogP contribution in [0.4, 0.5) is 0 Å². The van der Waals surface area contributed by atoms with Crippen LogP contribution in [0.2, 0.25) is 5.02 Å². The van der Waals surface area contributed by atoms with E-state index in [9.17, 15) is 9.59 Å². The molecule has 0 radical (unpaired) electrons. The number of halogens is 1. The van der Waals surface area contributed by atoms with Gasteiger partial charge in [-0.1, -0.05) is 18.0 Å². The Labute approximate surface area is 170 Å². The Balaban J connectivity index is 1.74. The average molecular weight is 404 g/mol. The number of amides is 1. The van der Waals surface area contributed by atoms with E-state index in [-0.39, 0.29) is 11.9 Å². The fourth-order valence-corrected chi connectivity index (χ4v) is 3.66. The third-order valence-corrected chi connectivity index (χ3v) is 5.29. The highest BCUT2D eigenvalue weighted by atomic mass is 35.5. The van der Waals surface area contributed by atoms with Crippen molar-refractivity contribution in [2.24, 2.45) is 0 Å². The minimum Gasteiger partial charge on any atom is -0.469 e. The number of esters is 1. The highest BCUT2D eigenvalue weighted by Crippen LogP contribution is 2.27. The van der Waals surface area contributed by atoms with Crippen molar-refractivity contribution in [1.29, 1.82) is 0 Å². The Hall–Kier alpha value is -2.34. The Bertz CT molecular complexity index is 830. The van der Waals surface area contributed by atoms with E-state index in [0.29, 0.717) is 30.1 Å². The normalized spacial score (nSPS) is 13.5. The van der Waals surface area contributed by atoms with Gasteiger partial charge in [-0.15, -0.1) is 0 Å². The minimum absolute atomic E-state index is 0.149. The van der Waals surface area contributed by atoms with E-state index in [1.807, 2.05) is 28.9 Å². The number of hydrogen-bond acceptors (Lipinski definition) is 4. The topological polar surface area (TPSA) is 73.2 Å². The summed E-state index contributed by atoms with van der Waals surface area (Å²) in [5.74, 6) is -0.373. The van der Waals surface area contributed by atoms with Crippen molar-refractivity contribution in [3.05, 3.63) is 46.2 Å². The molecular weight excluding hydrogens is 378 g/mol. The number of carbonyl (C=O) groups is 2. The second-order valence-corrected chi connectivity index (χ2v) is 7.45. The molecule has 0 spiro atoms. The van der Waals surface area contributed by atoms with Crippen LogP contribution in [-0.4, -0.2) is 35.3 Å². The number of carbonyl (C=O) groups excluding carboxylic acids is 2. The van der Waals surface area contributed by atoms with E-state index < -0.39 is 0 Å². The van der Waals surface area contributed by atoms with Crippen molar-refractivity contribution in [1.82, 2.24) is 15.1 Å². The monoisotopic (exact) mass is 403 g/mol. The first-order chi connectivity index (χ1) is 13.6. The summed E-state index contributed by atoms with van der Waals surface area (Å²) >= 11 is 6.01. The highest BCUT2D eigenvalue weighted by Gasteiger charge is 2.24. The number of benzene rings is 1. The third-order valence-electron chi connectivity index (χ3n) is 5.04. The zero-order chi connectivity index (χ0) is 19.9. The van der Waals surface area contributed by atoms with Gasteiger partial charge in [-0.05, 0) is 62.8 Å². The fraction of sp³-hybridized carbons (Fsp3) is 0.476. The van der Waals surface area contributed by atoms with Gasteiger partial charge in [-0.25, -0.2) is 4.68 Å². The molecule has 150 valence electrons. The fourth-order valence-electron chi connectivity index (χ4n) is 3.54. The summed E-state index contributed by atoms with van der Waals surface area (Å²) in [7, 11) is 1.38. The molecular formula is C21H26ClN3O3. The van der Waals surface area contributed by atoms with Gasteiger partial charge < -0.3 is 10.1 Å². The van der Waals surface area contributed by atoms with Crippen LogP contribution >= 0.6 is 11.6 Å². The molecule has 1 aromatic carbocycles. The Morgan fingerprint density at radius 1 is 1.14 bits per heavy atom. The predicted molar refractivity (Wildman–Crippen MR) is 108 cm³/mol. The van der Waals surface area contributed by atoms with Gasteiger partial charge in [-0.3, -0.25) is 9.59 Å². The van der Waals surface area contributed by atoms with E-state index in [0.717, 1.165) is 55.5 Å². The molecule has 1 N–H and O–H groups in total. The van der Waals surface area contributed by atoms with Crippen LogP contribution in [0.5, 0.6) is 0 Å². The molecule has 1 heterocycles. The van der Waals surface area contributed by atoms with Gasteiger partial charge in [0.2, 0.25) is 0 Å². The molecule has 0 atom stereocenters. The van der Waals surface area contributed by atoms with Crippen molar-refractivity contribution < 1.29 is 14.3 Å². The van der Waals surface area contributed by atoms with Crippen LogP contribution in [-0.2, 0) is 22.4 Å². The van der Waals surface area contributed by atoms with Crippen LogP contribution in [0.25, 0.3) is 5.69 Å². The van der Waals surface area contributed by atoms with Gasteiger partial charge in [0.25, 0.3) is 5.91 Å². The summed E-state index contributed by atoms with van der Waals surface area (Å²) in [6.07, 6.45) is 6.88. The summed E-state index contributed by atoms with van der Waals surface area (Å²) in [5.41, 5.74) is 3.61. The first kappa shape index (κ1) is 20.4. The Morgan fingerprint density at radius 2 is 1.89 bits per heavy atom. The summed E-state index contributed by atoms with van der Waals surface area (Å²) in [6.45, 7) is 0.512. The van der Waals surface area contributed by atoms with Crippen molar-refractivity contribution in [2.75, 3.05) is 13.7 Å². The van der Waals surface area contributed by atoms with Crippen molar-refractivity contribution in [2.45, 2.75) is 51.4 Å².